The Morgan fingerprint density at radius 2 is 1.87 bits per heavy atom. The maximum Gasteiger partial charge on any atom is 0.287 e. The number of carbonyl (C=O) groups excluding carboxylic acids is 1. The number of aryl methyl sites for hydroxylation is 2. The van der Waals surface area contributed by atoms with Crippen molar-refractivity contribution >= 4 is 16.9 Å². The summed E-state index contributed by atoms with van der Waals surface area (Å²) < 4.78 is 5.78. The molecule has 0 aliphatic rings. The first kappa shape index (κ1) is 15.3. The molecule has 1 aromatic heterocycles. The number of fused-ring (bicyclic) bond motifs is 1. The van der Waals surface area contributed by atoms with E-state index in [4.69, 9.17) is 4.42 Å². The zero-order chi connectivity index (χ0) is 16.4. The van der Waals surface area contributed by atoms with Gasteiger partial charge >= 0.3 is 0 Å². The fourth-order valence-electron chi connectivity index (χ4n) is 2.74. The zero-order valence-electron chi connectivity index (χ0n) is 13.2. The van der Waals surface area contributed by atoms with Crippen molar-refractivity contribution in [1.82, 2.24) is 5.32 Å². The molecule has 2 aromatic carbocycles. The van der Waals surface area contributed by atoms with Gasteiger partial charge in [-0.05, 0) is 25.0 Å². The summed E-state index contributed by atoms with van der Waals surface area (Å²) in [6.07, 6.45) is 0. The molecular formula is C19H19NO3. The molecule has 0 fully saturated rings. The number of carbonyl (C=O) groups is 1. The van der Waals surface area contributed by atoms with Gasteiger partial charge in [-0.15, -0.1) is 0 Å². The van der Waals surface area contributed by atoms with Crippen molar-refractivity contribution < 1.29 is 14.3 Å². The summed E-state index contributed by atoms with van der Waals surface area (Å²) in [6.45, 7) is 3.65. The van der Waals surface area contributed by atoms with Crippen LogP contribution in [-0.4, -0.2) is 17.6 Å². The summed E-state index contributed by atoms with van der Waals surface area (Å²) in [5.41, 5.74) is 3.39. The van der Waals surface area contributed by atoms with Crippen LogP contribution in [0.15, 0.2) is 52.9 Å². The van der Waals surface area contributed by atoms with E-state index in [-0.39, 0.29) is 12.5 Å². The summed E-state index contributed by atoms with van der Waals surface area (Å²) in [5, 5.41) is 13.4. The summed E-state index contributed by atoms with van der Waals surface area (Å²) in [5.74, 6) is -0.0234. The lowest BCUT2D eigenvalue weighted by Crippen LogP contribution is -2.30. The Hall–Kier alpha value is -2.59. The van der Waals surface area contributed by atoms with E-state index in [0.29, 0.717) is 5.76 Å². The molecule has 0 spiro atoms. The normalized spacial score (nSPS) is 12.3. The predicted octanol–water partition coefficient (Wildman–Crippen LogP) is 3.51. The molecule has 2 N–H and O–H groups in total. The highest BCUT2D eigenvalue weighted by Gasteiger charge is 2.21. The molecule has 1 atom stereocenters. The van der Waals surface area contributed by atoms with Gasteiger partial charge in [-0.25, -0.2) is 0 Å². The van der Waals surface area contributed by atoms with Crippen molar-refractivity contribution in [3.63, 3.8) is 0 Å². The minimum atomic E-state index is -0.461. The topological polar surface area (TPSA) is 62.5 Å². The Balaban J connectivity index is 1.91. The van der Waals surface area contributed by atoms with Gasteiger partial charge in [0, 0.05) is 10.9 Å². The number of aliphatic hydroxyl groups is 1. The van der Waals surface area contributed by atoms with E-state index < -0.39 is 6.04 Å². The second-order valence-corrected chi connectivity index (χ2v) is 5.63. The molecule has 0 radical (unpaired) electrons. The number of hydrogen-bond donors (Lipinski definition) is 2. The largest absolute Gasteiger partial charge is 0.450 e. The fourth-order valence-corrected chi connectivity index (χ4v) is 2.74. The summed E-state index contributed by atoms with van der Waals surface area (Å²) in [6, 6.07) is 14.8. The SMILES string of the molecule is Cc1c(C(=O)NC(CO)c2ccccc2)oc2c(C)cccc12. The van der Waals surface area contributed by atoms with Crippen LogP contribution < -0.4 is 5.32 Å². The third kappa shape index (κ3) is 2.85. The van der Waals surface area contributed by atoms with Crippen molar-refractivity contribution in [3.8, 4) is 0 Å². The molecule has 3 aromatic rings. The predicted molar refractivity (Wildman–Crippen MR) is 89.4 cm³/mol. The third-order valence-corrected chi connectivity index (χ3v) is 4.06. The lowest BCUT2D eigenvalue weighted by Gasteiger charge is -2.16. The minimum absolute atomic E-state index is 0.173. The smallest absolute Gasteiger partial charge is 0.287 e. The Morgan fingerprint density at radius 3 is 2.52 bits per heavy atom. The van der Waals surface area contributed by atoms with Crippen molar-refractivity contribution in [3.05, 3.63) is 71.0 Å². The number of rotatable bonds is 4. The third-order valence-electron chi connectivity index (χ3n) is 4.06. The van der Waals surface area contributed by atoms with Crippen LogP contribution in [0.2, 0.25) is 0 Å². The van der Waals surface area contributed by atoms with Gasteiger partial charge in [0.1, 0.15) is 5.58 Å². The van der Waals surface area contributed by atoms with Crippen LogP contribution in [-0.2, 0) is 0 Å². The van der Waals surface area contributed by atoms with Crippen molar-refractivity contribution in [2.24, 2.45) is 0 Å². The van der Waals surface area contributed by atoms with E-state index in [1.165, 1.54) is 0 Å². The van der Waals surface area contributed by atoms with Gasteiger partial charge in [0.2, 0.25) is 0 Å². The molecule has 3 rings (SSSR count). The van der Waals surface area contributed by atoms with E-state index >= 15 is 0 Å². The highest BCUT2D eigenvalue weighted by Crippen LogP contribution is 2.28. The number of aliphatic hydroxyl groups excluding tert-OH is 1. The number of amides is 1. The van der Waals surface area contributed by atoms with Crippen LogP contribution in [0.1, 0.15) is 33.3 Å². The maximum atomic E-state index is 12.6. The number of nitrogens with one attached hydrogen (secondary N) is 1. The number of para-hydroxylation sites is 1. The van der Waals surface area contributed by atoms with Crippen LogP contribution >= 0.6 is 0 Å². The first-order valence-electron chi connectivity index (χ1n) is 7.57. The van der Waals surface area contributed by atoms with Gasteiger partial charge in [-0.1, -0.05) is 48.5 Å². The molecule has 1 heterocycles. The lowest BCUT2D eigenvalue weighted by atomic mass is 10.1. The van der Waals surface area contributed by atoms with Gasteiger partial charge < -0.3 is 14.8 Å². The summed E-state index contributed by atoms with van der Waals surface area (Å²) in [4.78, 5) is 12.6. The first-order valence-corrected chi connectivity index (χ1v) is 7.57. The Morgan fingerprint density at radius 1 is 1.13 bits per heavy atom. The molecule has 4 nitrogen and oxygen atoms in total. The molecule has 0 aliphatic heterocycles. The van der Waals surface area contributed by atoms with Crippen LogP contribution in [0, 0.1) is 13.8 Å². The monoisotopic (exact) mass is 309 g/mol. The second-order valence-electron chi connectivity index (χ2n) is 5.63. The van der Waals surface area contributed by atoms with Crippen LogP contribution in [0.5, 0.6) is 0 Å². The average Bonchev–Trinajstić information content (AvgIpc) is 2.92. The fraction of sp³-hybridized carbons (Fsp3) is 0.211. The first-order chi connectivity index (χ1) is 11.1. The second kappa shape index (κ2) is 6.26. The number of furan rings is 1. The summed E-state index contributed by atoms with van der Waals surface area (Å²) in [7, 11) is 0. The highest BCUT2D eigenvalue weighted by atomic mass is 16.3. The van der Waals surface area contributed by atoms with Crippen molar-refractivity contribution in [2.45, 2.75) is 19.9 Å². The lowest BCUT2D eigenvalue weighted by molar-refractivity contribution is 0.0889. The molecule has 0 saturated carbocycles. The average molecular weight is 309 g/mol. The standard InChI is InChI=1S/C19H19NO3/c1-12-7-6-10-15-13(2)18(23-17(12)15)19(22)20-16(11-21)14-8-4-3-5-9-14/h3-10,16,21H,11H2,1-2H3,(H,20,22). The molecular weight excluding hydrogens is 290 g/mol. The molecule has 4 heteroatoms. The molecule has 1 unspecified atom stereocenters. The quantitative estimate of drug-likeness (QED) is 0.775. The van der Waals surface area contributed by atoms with Crippen LogP contribution in [0.3, 0.4) is 0 Å². The maximum absolute atomic E-state index is 12.6. The molecule has 118 valence electrons. The van der Waals surface area contributed by atoms with Crippen molar-refractivity contribution in [2.75, 3.05) is 6.61 Å². The van der Waals surface area contributed by atoms with E-state index in [9.17, 15) is 9.90 Å². The molecule has 0 bridgehead atoms. The molecule has 0 saturated heterocycles. The Kier molecular flexibility index (Phi) is 4.17. The minimum Gasteiger partial charge on any atom is -0.450 e. The van der Waals surface area contributed by atoms with E-state index in [0.717, 1.165) is 27.7 Å². The van der Waals surface area contributed by atoms with Gasteiger partial charge in [0.15, 0.2) is 5.76 Å². The van der Waals surface area contributed by atoms with Gasteiger partial charge in [-0.2, -0.15) is 0 Å². The van der Waals surface area contributed by atoms with E-state index in [2.05, 4.69) is 5.32 Å². The van der Waals surface area contributed by atoms with Gasteiger partial charge in [0.05, 0.1) is 12.6 Å². The zero-order valence-corrected chi connectivity index (χ0v) is 13.2. The van der Waals surface area contributed by atoms with Crippen LogP contribution in [0.4, 0.5) is 0 Å². The Labute approximate surface area is 134 Å². The number of hydrogen-bond acceptors (Lipinski definition) is 3. The van der Waals surface area contributed by atoms with Crippen molar-refractivity contribution in [1.29, 1.82) is 0 Å². The summed E-state index contributed by atoms with van der Waals surface area (Å²) >= 11 is 0. The van der Waals surface area contributed by atoms with E-state index in [1.54, 1.807) is 0 Å². The highest BCUT2D eigenvalue weighted by molar-refractivity contribution is 5.99. The van der Waals surface area contributed by atoms with E-state index in [1.807, 2.05) is 62.4 Å². The van der Waals surface area contributed by atoms with Gasteiger partial charge in [0.25, 0.3) is 5.91 Å². The Bertz CT molecular complexity index is 836. The van der Waals surface area contributed by atoms with Gasteiger partial charge in [-0.3, -0.25) is 4.79 Å². The molecule has 1 amide bonds. The van der Waals surface area contributed by atoms with Crippen LogP contribution in [0.25, 0.3) is 11.0 Å². The number of benzene rings is 2. The molecule has 0 aliphatic carbocycles. The molecule has 23 heavy (non-hydrogen) atoms.